The van der Waals surface area contributed by atoms with E-state index in [1.807, 2.05) is 48.1 Å². The first-order valence-electron chi connectivity index (χ1n) is 8.05. The number of carbonyl (C=O) groups excluding carboxylic acids is 1. The number of aromatic nitrogens is 2. The zero-order valence-electron chi connectivity index (χ0n) is 14.0. The smallest absolute Gasteiger partial charge is 0.252 e. The fourth-order valence-electron chi connectivity index (χ4n) is 2.91. The van der Waals surface area contributed by atoms with E-state index in [0.29, 0.717) is 22.1 Å². The summed E-state index contributed by atoms with van der Waals surface area (Å²) in [6, 6.07) is 12.5. The average Bonchev–Trinajstić information content (AvgIpc) is 3.29. The predicted molar refractivity (Wildman–Crippen MR) is 96.5 cm³/mol. The molecule has 3 aromatic rings. The highest BCUT2D eigenvalue weighted by atomic mass is 35.5. The van der Waals surface area contributed by atoms with Crippen molar-refractivity contribution >= 4 is 17.5 Å². The first kappa shape index (κ1) is 16.5. The highest BCUT2D eigenvalue weighted by molar-refractivity contribution is 6.32. The molecule has 4 rings (SSSR count). The molecule has 0 fully saturated rings. The minimum absolute atomic E-state index is 0.0973. The Morgan fingerprint density at radius 1 is 1.27 bits per heavy atom. The highest BCUT2D eigenvalue weighted by Gasteiger charge is 2.24. The third kappa shape index (κ3) is 2.99. The molecule has 0 bridgehead atoms. The largest absolute Gasteiger partial charge is 0.454 e. The minimum atomic E-state index is -0.395. The van der Waals surface area contributed by atoms with Crippen LogP contribution in [-0.4, -0.2) is 22.3 Å². The molecule has 0 saturated heterocycles. The lowest BCUT2D eigenvalue weighted by Gasteiger charge is -2.19. The van der Waals surface area contributed by atoms with Crippen molar-refractivity contribution in [2.75, 3.05) is 6.79 Å². The van der Waals surface area contributed by atoms with E-state index in [1.54, 1.807) is 18.3 Å². The third-order valence-electron chi connectivity index (χ3n) is 4.21. The van der Waals surface area contributed by atoms with E-state index >= 15 is 0 Å². The second kappa shape index (κ2) is 6.72. The van der Waals surface area contributed by atoms with Crippen LogP contribution in [-0.2, 0) is 7.05 Å². The lowest BCUT2D eigenvalue weighted by Crippen LogP contribution is -2.31. The van der Waals surface area contributed by atoms with Crippen molar-refractivity contribution in [3.63, 3.8) is 0 Å². The van der Waals surface area contributed by atoms with Crippen LogP contribution in [0.15, 0.2) is 54.9 Å². The molecule has 1 unspecified atom stereocenters. The molecule has 0 radical (unpaired) electrons. The Morgan fingerprint density at radius 3 is 2.81 bits per heavy atom. The zero-order valence-corrected chi connectivity index (χ0v) is 14.7. The lowest BCUT2D eigenvalue weighted by atomic mass is 10.1. The Morgan fingerprint density at radius 2 is 2.08 bits per heavy atom. The van der Waals surface area contributed by atoms with Crippen LogP contribution in [0.25, 0.3) is 0 Å². The predicted octanol–water partition coefficient (Wildman–Crippen LogP) is 3.32. The van der Waals surface area contributed by atoms with Gasteiger partial charge >= 0.3 is 0 Å². The summed E-state index contributed by atoms with van der Waals surface area (Å²) in [6.07, 6.45) is 3.55. The number of nitrogens with one attached hydrogen (secondary N) is 1. The van der Waals surface area contributed by atoms with E-state index in [4.69, 9.17) is 21.1 Å². The Labute approximate surface area is 155 Å². The van der Waals surface area contributed by atoms with Gasteiger partial charge in [-0.3, -0.25) is 4.79 Å². The summed E-state index contributed by atoms with van der Waals surface area (Å²) in [7, 11) is 1.89. The molecule has 1 aromatic heterocycles. The number of hydrogen-bond acceptors (Lipinski definition) is 4. The van der Waals surface area contributed by atoms with Crippen LogP contribution in [0.4, 0.5) is 0 Å². The number of aryl methyl sites for hydroxylation is 1. The molecule has 0 aliphatic carbocycles. The van der Waals surface area contributed by atoms with Crippen molar-refractivity contribution in [3.8, 4) is 11.5 Å². The van der Waals surface area contributed by atoms with Gasteiger partial charge in [-0.05, 0) is 17.7 Å². The molecular formula is C19H16ClN3O3. The Balaban J connectivity index is 1.67. The van der Waals surface area contributed by atoms with Crippen LogP contribution >= 0.6 is 11.6 Å². The molecule has 0 saturated carbocycles. The number of imidazole rings is 1. The normalized spacial score (nSPS) is 13.5. The van der Waals surface area contributed by atoms with Crippen LogP contribution in [0.1, 0.15) is 27.8 Å². The summed E-state index contributed by atoms with van der Waals surface area (Å²) in [4.78, 5) is 17.3. The summed E-state index contributed by atoms with van der Waals surface area (Å²) in [5.74, 6) is 1.39. The van der Waals surface area contributed by atoms with Crippen LogP contribution in [0, 0.1) is 0 Å². The van der Waals surface area contributed by atoms with Gasteiger partial charge in [-0.1, -0.05) is 41.9 Å². The van der Waals surface area contributed by atoms with Gasteiger partial charge in [0.25, 0.3) is 5.91 Å². The molecule has 1 amide bonds. The number of rotatable bonds is 4. The van der Waals surface area contributed by atoms with Crippen molar-refractivity contribution in [2.45, 2.75) is 6.04 Å². The van der Waals surface area contributed by atoms with Crippen molar-refractivity contribution in [1.29, 1.82) is 0 Å². The van der Waals surface area contributed by atoms with Crippen LogP contribution < -0.4 is 14.8 Å². The van der Waals surface area contributed by atoms with Crippen LogP contribution in [0.3, 0.4) is 0 Å². The summed E-state index contributed by atoms with van der Waals surface area (Å²) < 4.78 is 12.5. The van der Waals surface area contributed by atoms with Gasteiger partial charge in [0.1, 0.15) is 11.9 Å². The Hall–Kier alpha value is -2.99. The number of halogens is 1. The highest BCUT2D eigenvalue weighted by Crippen LogP contribution is 2.39. The summed E-state index contributed by atoms with van der Waals surface area (Å²) in [6.45, 7) is 0.0973. The first-order chi connectivity index (χ1) is 12.6. The molecule has 1 aliphatic rings. The lowest BCUT2D eigenvalue weighted by molar-refractivity contribution is 0.0940. The number of nitrogens with zero attached hydrogens (tertiary/aromatic N) is 2. The van der Waals surface area contributed by atoms with Crippen molar-refractivity contribution in [2.24, 2.45) is 7.05 Å². The molecule has 1 N–H and O–H groups in total. The monoisotopic (exact) mass is 369 g/mol. The van der Waals surface area contributed by atoms with Gasteiger partial charge in [0.05, 0.1) is 5.02 Å². The quantitative estimate of drug-likeness (QED) is 0.766. The van der Waals surface area contributed by atoms with E-state index < -0.39 is 6.04 Å². The Kier molecular flexibility index (Phi) is 4.26. The first-order valence-corrected chi connectivity index (χ1v) is 8.43. The molecule has 0 spiro atoms. The van der Waals surface area contributed by atoms with Gasteiger partial charge < -0.3 is 19.4 Å². The standard InChI is InChI=1S/C19H16ClN3O3/c1-23-8-7-21-18(23)16(12-5-3-2-4-6-12)22-19(24)13-9-14(20)17-15(10-13)25-11-26-17/h2-10,16H,11H2,1H3,(H,22,24). The fourth-order valence-corrected chi connectivity index (χ4v) is 3.18. The maximum absolute atomic E-state index is 12.9. The molecule has 7 heteroatoms. The maximum Gasteiger partial charge on any atom is 0.252 e. The molecule has 1 aliphatic heterocycles. The fraction of sp³-hybridized carbons (Fsp3) is 0.158. The minimum Gasteiger partial charge on any atom is -0.454 e. The average molecular weight is 370 g/mol. The summed E-state index contributed by atoms with van der Waals surface area (Å²) in [5.41, 5.74) is 1.33. The van der Waals surface area contributed by atoms with Crippen molar-refractivity contribution in [3.05, 3.63) is 76.8 Å². The molecule has 2 heterocycles. The second-order valence-electron chi connectivity index (χ2n) is 5.91. The van der Waals surface area contributed by atoms with Gasteiger partial charge in [-0.25, -0.2) is 4.98 Å². The topological polar surface area (TPSA) is 65.4 Å². The SMILES string of the molecule is Cn1ccnc1C(NC(=O)c1cc(Cl)c2c(c1)OCO2)c1ccccc1. The van der Waals surface area contributed by atoms with Gasteiger partial charge in [0.15, 0.2) is 11.5 Å². The number of carbonyl (C=O) groups is 1. The molecule has 6 nitrogen and oxygen atoms in total. The molecular weight excluding hydrogens is 354 g/mol. The maximum atomic E-state index is 12.9. The van der Waals surface area contributed by atoms with E-state index in [1.165, 1.54) is 0 Å². The molecule has 132 valence electrons. The van der Waals surface area contributed by atoms with Crippen LogP contribution in [0.5, 0.6) is 11.5 Å². The number of fused-ring (bicyclic) bond motifs is 1. The van der Waals surface area contributed by atoms with Gasteiger partial charge in [-0.2, -0.15) is 0 Å². The molecule has 2 aromatic carbocycles. The zero-order chi connectivity index (χ0) is 18.1. The number of amides is 1. The van der Waals surface area contributed by atoms with Gasteiger partial charge in [0, 0.05) is 25.0 Å². The summed E-state index contributed by atoms with van der Waals surface area (Å²) >= 11 is 6.20. The second-order valence-corrected chi connectivity index (χ2v) is 6.31. The number of benzene rings is 2. The molecule has 1 atom stereocenters. The molecule has 26 heavy (non-hydrogen) atoms. The van der Waals surface area contributed by atoms with Gasteiger partial charge in [-0.15, -0.1) is 0 Å². The third-order valence-corrected chi connectivity index (χ3v) is 4.50. The van der Waals surface area contributed by atoms with Crippen LogP contribution in [0.2, 0.25) is 5.02 Å². The van der Waals surface area contributed by atoms with E-state index in [0.717, 1.165) is 11.4 Å². The van der Waals surface area contributed by atoms with E-state index in [2.05, 4.69) is 10.3 Å². The Bertz CT molecular complexity index is 956. The van der Waals surface area contributed by atoms with E-state index in [-0.39, 0.29) is 12.7 Å². The van der Waals surface area contributed by atoms with Crippen molar-refractivity contribution < 1.29 is 14.3 Å². The number of hydrogen-bond donors (Lipinski definition) is 1. The summed E-state index contributed by atoms with van der Waals surface area (Å²) in [5, 5.41) is 3.38. The van der Waals surface area contributed by atoms with E-state index in [9.17, 15) is 4.79 Å². The van der Waals surface area contributed by atoms with Gasteiger partial charge in [0.2, 0.25) is 6.79 Å². The van der Waals surface area contributed by atoms with Crippen molar-refractivity contribution in [1.82, 2.24) is 14.9 Å². The number of ether oxygens (including phenoxy) is 2.